The fraction of sp³-hybridized carbons (Fsp3) is 0.182. The molecule has 0 saturated carbocycles. The summed E-state index contributed by atoms with van der Waals surface area (Å²) in [6.45, 7) is 5.88. The van der Waals surface area contributed by atoms with Gasteiger partial charge in [0.25, 0.3) is 5.56 Å². The number of benzene rings is 2. The van der Waals surface area contributed by atoms with Crippen LogP contribution in [0.25, 0.3) is 44.5 Å². The van der Waals surface area contributed by atoms with Gasteiger partial charge in [-0.05, 0) is 63.2 Å². The Morgan fingerprint density at radius 1 is 1.00 bits per heavy atom. The monoisotopic (exact) mass is 600 g/mol. The molecule has 0 bridgehead atoms. The zero-order chi connectivity index (χ0) is 31.0. The minimum absolute atomic E-state index is 0.0625. The van der Waals surface area contributed by atoms with Gasteiger partial charge in [-0.3, -0.25) is 9.47 Å². The number of ether oxygens (including phenoxy) is 1. The van der Waals surface area contributed by atoms with E-state index in [-0.39, 0.29) is 23.7 Å². The number of phenolic OH excluding ortho intramolecular Hbond substituents is 1. The second-order valence-corrected chi connectivity index (χ2v) is 11.8. The van der Waals surface area contributed by atoms with Gasteiger partial charge in [-0.2, -0.15) is 9.77 Å². The molecule has 0 unspecified atom stereocenters. The van der Waals surface area contributed by atoms with Gasteiger partial charge in [0.2, 0.25) is 0 Å². The van der Waals surface area contributed by atoms with Gasteiger partial charge in [-0.1, -0.05) is 12.1 Å². The Bertz CT molecular complexity index is 2350. The van der Waals surface area contributed by atoms with Crippen molar-refractivity contribution in [2.75, 3.05) is 5.73 Å². The molecule has 5 aromatic heterocycles. The molecule has 224 valence electrons. The van der Waals surface area contributed by atoms with Crippen LogP contribution in [0.15, 0.2) is 82.5 Å². The van der Waals surface area contributed by atoms with Gasteiger partial charge in [-0.25, -0.2) is 19.6 Å². The molecular formula is C33H28N8O4. The number of anilines is 1. The average molecular weight is 601 g/mol. The Balaban J connectivity index is 1.35. The smallest absolute Gasteiger partial charge is 0.281 e. The summed E-state index contributed by atoms with van der Waals surface area (Å²) in [5, 5.41) is 16.6. The molecule has 0 amide bonds. The summed E-state index contributed by atoms with van der Waals surface area (Å²) in [5.41, 5.74) is 9.45. The number of rotatable bonds is 5. The second-order valence-electron chi connectivity index (χ2n) is 11.8. The Kier molecular flexibility index (Phi) is 5.66. The fourth-order valence-electron chi connectivity index (χ4n) is 6.18. The van der Waals surface area contributed by atoms with E-state index in [1.54, 1.807) is 33.9 Å². The highest BCUT2D eigenvalue weighted by atomic mass is 16.5. The van der Waals surface area contributed by atoms with Crippen molar-refractivity contribution in [1.82, 2.24) is 34.1 Å². The molecule has 1 aliphatic heterocycles. The minimum Gasteiger partial charge on any atom is -0.504 e. The fourth-order valence-corrected chi connectivity index (χ4v) is 6.18. The first-order chi connectivity index (χ1) is 21.7. The van der Waals surface area contributed by atoms with Crippen molar-refractivity contribution in [2.45, 2.75) is 39.3 Å². The molecule has 7 aromatic rings. The second kappa shape index (κ2) is 9.55. The SMILES string of the molecule is Cc1ccc(-c2cccc3nc(Cn4nc(-c5ccc(O)c6c5CC(C)(C)O6)c5c(N)ncnc54)n(-n4cccc4)c(=O)c23)o1. The molecule has 0 atom stereocenters. The van der Waals surface area contributed by atoms with Crippen LogP contribution < -0.4 is 16.0 Å². The molecule has 3 N–H and O–H groups in total. The molecule has 6 heterocycles. The van der Waals surface area contributed by atoms with Crippen LogP contribution in [0.3, 0.4) is 0 Å². The van der Waals surface area contributed by atoms with Crippen molar-refractivity contribution in [3.05, 3.63) is 101 Å². The van der Waals surface area contributed by atoms with Crippen molar-refractivity contribution in [3.63, 3.8) is 0 Å². The summed E-state index contributed by atoms with van der Waals surface area (Å²) in [5.74, 6) is 2.50. The Morgan fingerprint density at radius 2 is 1.82 bits per heavy atom. The maximum Gasteiger partial charge on any atom is 0.281 e. The lowest BCUT2D eigenvalue weighted by Crippen LogP contribution is -2.31. The first kappa shape index (κ1) is 26.7. The van der Waals surface area contributed by atoms with Gasteiger partial charge in [0, 0.05) is 35.5 Å². The molecule has 45 heavy (non-hydrogen) atoms. The average Bonchev–Trinajstić information content (AvgIpc) is 3.81. The highest BCUT2D eigenvalue weighted by Crippen LogP contribution is 2.47. The third-order valence-electron chi connectivity index (χ3n) is 8.09. The van der Waals surface area contributed by atoms with Crippen LogP contribution in [-0.4, -0.2) is 44.8 Å². The van der Waals surface area contributed by atoms with Crippen LogP contribution in [-0.2, 0) is 13.0 Å². The molecule has 0 spiro atoms. The summed E-state index contributed by atoms with van der Waals surface area (Å²) in [4.78, 5) is 28.2. The molecule has 0 radical (unpaired) electrons. The third-order valence-corrected chi connectivity index (χ3v) is 8.09. The number of nitrogens with two attached hydrogens (primary N) is 1. The molecule has 8 rings (SSSR count). The van der Waals surface area contributed by atoms with Crippen LogP contribution in [0.2, 0.25) is 0 Å². The van der Waals surface area contributed by atoms with E-state index >= 15 is 0 Å². The van der Waals surface area contributed by atoms with Gasteiger partial charge in [0.1, 0.15) is 41.5 Å². The van der Waals surface area contributed by atoms with Crippen LogP contribution >= 0.6 is 0 Å². The zero-order valence-electron chi connectivity index (χ0n) is 24.7. The molecule has 0 aliphatic carbocycles. The summed E-state index contributed by atoms with van der Waals surface area (Å²) < 4.78 is 16.9. The summed E-state index contributed by atoms with van der Waals surface area (Å²) in [7, 11) is 0. The van der Waals surface area contributed by atoms with Gasteiger partial charge < -0.3 is 20.0 Å². The van der Waals surface area contributed by atoms with Gasteiger partial charge in [0.05, 0.1) is 16.3 Å². The van der Waals surface area contributed by atoms with Gasteiger partial charge in [0.15, 0.2) is 23.0 Å². The molecule has 1 aliphatic rings. The number of nitrogens with zero attached hydrogens (tertiary/aromatic N) is 7. The number of aryl methyl sites for hydroxylation is 1. The highest BCUT2D eigenvalue weighted by molar-refractivity contribution is 5.99. The number of phenols is 1. The first-order valence-corrected chi connectivity index (χ1v) is 14.4. The maximum absolute atomic E-state index is 14.4. The van der Waals surface area contributed by atoms with E-state index < -0.39 is 5.60 Å². The van der Waals surface area contributed by atoms with Crippen LogP contribution in [0.1, 0.15) is 31.0 Å². The number of nitrogen functional groups attached to an aromatic ring is 1. The number of aromatic nitrogens is 7. The molecule has 0 fully saturated rings. The molecule has 2 aromatic carbocycles. The lowest BCUT2D eigenvalue weighted by Gasteiger charge is -2.16. The summed E-state index contributed by atoms with van der Waals surface area (Å²) in [6.07, 6.45) is 5.52. The van der Waals surface area contributed by atoms with E-state index in [1.165, 1.54) is 11.0 Å². The van der Waals surface area contributed by atoms with Crippen molar-refractivity contribution >= 4 is 27.8 Å². The van der Waals surface area contributed by atoms with E-state index in [1.807, 2.05) is 63.2 Å². The van der Waals surface area contributed by atoms with Crippen molar-refractivity contribution in [3.8, 4) is 34.1 Å². The minimum atomic E-state index is -0.509. The van der Waals surface area contributed by atoms with E-state index in [0.29, 0.717) is 56.9 Å². The van der Waals surface area contributed by atoms with E-state index in [2.05, 4.69) is 9.97 Å². The number of hydrogen-bond donors (Lipinski definition) is 2. The van der Waals surface area contributed by atoms with Crippen molar-refractivity contribution in [2.24, 2.45) is 0 Å². The lowest BCUT2D eigenvalue weighted by atomic mass is 9.95. The predicted molar refractivity (Wildman–Crippen MR) is 168 cm³/mol. The topological polar surface area (TPSA) is 152 Å². The van der Waals surface area contributed by atoms with E-state index in [9.17, 15) is 9.90 Å². The maximum atomic E-state index is 14.4. The quantitative estimate of drug-likeness (QED) is 0.280. The van der Waals surface area contributed by atoms with Gasteiger partial charge >= 0.3 is 0 Å². The Labute approximate surface area is 255 Å². The molecule has 12 nitrogen and oxygen atoms in total. The highest BCUT2D eigenvalue weighted by Gasteiger charge is 2.35. The molecular weight excluding hydrogens is 572 g/mol. The number of hydrogen-bond acceptors (Lipinski definition) is 9. The first-order valence-electron chi connectivity index (χ1n) is 14.4. The van der Waals surface area contributed by atoms with E-state index in [4.69, 9.17) is 25.0 Å². The van der Waals surface area contributed by atoms with Crippen LogP contribution in [0, 0.1) is 6.92 Å². The number of aromatic hydroxyl groups is 1. The van der Waals surface area contributed by atoms with Crippen LogP contribution in [0.5, 0.6) is 11.5 Å². The Morgan fingerprint density at radius 3 is 2.60 bits per heavy atom. The summed E-state index contributed by atoms with van der Waals surface area (Å²) in [6, 6.07) is 16.3. The molecule has 12 heteroatoms. The zero-order valence-corrected chi connectivity index (χ0v) is 24.7. The summed E-state index contributed by atoms with van der Waals surface area (Å²) >= 11 is 0. The predicted octanol–water partition coefficient (Wildman–Crippen LogP) is 4.93. The van der Waals surface area contributed by atoms with Crippen molar-refractivity contribution in [1.29, 1.82) is 0 Å². The largest absolute Gasteiger partial charge is 0.504 e. The molecule has 0 saturated heterocycles. The number of fused-ring (bicyclic) bond motifs is 3. The standard InChI is InChI=1S/C33H28N8O4/c1-18-9-12-24(44-18)20-7-6-8-22-26(20)32(43)41(39-13-4-5-14-39)25(37-22)16-40-31-27(30(34)35-17-36-31)28(38-40)19-10-11-23(42)29-21(19)15-33(2,3)45-29/h4-14,17,42H,15-16H2,1-3H3,(H2,34,35,36). The van der Waals surface area contributed by atoms with Crippen molar-refractivity contribution < 1.29 is 14.3 Å². The normalized spacial score (nSPS) is 13.8. The third kappa shape index (κ3) is 4.17. The number of furan rings is 1. The van der Waals surface area contributed by atoms with E-state index in [0.717, 1.165) is 16.9 Å². The lowest BCUT2D eigenvalue weighted by molar-refractivity contribution is 0.134. The van der Waals surface area contributed by atoms with Crippen LogP contribution in [0.4, 0.5) is 5.82 Å². The van der Waals surface area contributed by atoms with Gasteiger partial charge in [-0.15, -0.1) is 0 Å². The Hall–Kier alpha value is -5.91.